The molecule has 1 aromatic carbocycles. The molecule has 1 aromatic rings. The minimum atomic E-state index is -0.359. The monoisotopic (exact) mass is 335 g/mol. The van der Waals surface area contributed by atoms with Crippen LogP contribution in [0.25, 0.3) is 0 Å². The van der Waals surface area contributed by atoms with E-state index in [4.69, 9.17) is 22.1 Å². The van der Waals surface area contributed by atoms with Crippen molar-refractivity contribution in [2.24, 2.45) is 5.73 Å². The maximum atomic E-state index is 11.7. The van der Waals surface area contributed by atoms with E-state index in [-0.39, 0.29) is 37.3 Å². The molecule has 8 heteroatoms. The Morgan fingerprint density at radius 1 is 1.43 bits per heavy atom. The summed E-state index contributed by atoms with van der Waals surface area (Å²) in [4.78, 5) is 24.1. The largest absolute Gasteiger partial charge is 0.492 e. The molecule has 6 nitrogen and oxygen atoms in total. The van der Waals surface area contributed by atoms with Gasteiger partial charge in [0, 0.05) is 12.1 Å². The topological polar surface area (TPSA) is 84.7 Å². The number of nitrogens with zero attached hydrogens (tertiary/aromatic N) is 1. The van der Waals surface area contributed by atoms with Crippen LogP contribution in [0.2, 0.25) is 5.02 Å². The van der Waals surface area contributed by atoms with Gasteiger partial charge >= 0.3 is 0 Å². The Bertz CT molecular complexity index is 472. The van der Waals surface area contributed by atoms with Crippen molar-refractivity contribution in [3.05, 3.63) is 29.3 Å². The Hall–Kier alpha value is -1.50. The van der Waals surface area contributed by atoms with Crippen LogP contribution in [0.5, 0.6) is 5.75 Å². The molecule has 0 aliphatic heterocycles. The van der Waals surface area contributed by atoms with Gasteiger partial charge in [-0.1, -0.05) is 17.7 Å². The predicted octanol–water partition coefficient (Wildman–Crippen LogP) is 0.674. The zero-order chi connectivity index (χ0) is 15.0. The highest BCUT2D eigenvalue weighted by molar-refractivity contribution is 6.30. The number of hydrogen-bond acceptors (Lipinski definition) is 4. The Balaban J connectivity index is 0.00000400. The minimum absolute atomic E-state index is 0. The van der Waals surface area contributed by atoms with Gasteiger partial charge in [-0.3, -0.25) is 9.59 Å². The molecule has 0 atom stereocenters. The number of carbonyl (C=O) groups is 2. The van der Waals surface area contributed by atoms with Crippen molar-refractivity contribution < 1.29 is 14.3 Å². The van der Waals surface area contributed by atoms with E-state index in [1.807, 2.05) is 0 Å². The number of nitrogens with two attached hydrogens (primary N) is 1. The Kier molecular flexibility index (Phi) is 9.53. The van der Waals surface area contributed by atoms with E-state index < -0.39 is 0 Å². The number of carbonyl (C=O) groups excluding carboxylic acids is 2. The zero-order valence-electron chi connectivity index (χ0n) is 11.7. The molecule has 0 spiro atoms. The first-order valence-corrected chi connectivity index (χ1v) is 6.50. The normalized spacial score (nSPS) is 9.48. The lowest BCUT2D eigenvalue weighted by molar-refractivity contribution is -0.131. The van der Waals surface area contributed by atoms with Crippen LogP contribution in [-0.4, -0.2) is 50.0 Å². The van der Waals surface area contributed by atoms with Gasteiger partial charge in [0.2, 0.25) is 11.8 Å². The maximum Gasteiger partial charge on any atom is 0.241 e. The van der Waals surface area contributed by atoms with Crippen molar-refractivity contribution in [3.63, 3.8) is 0 Å². The summed E-state index contributed by atoms with van der Waals surface area (Å²) < 4.78 is 5.47. The number of benzene rings is 1. The third kappa shape index (κ3) is 7.75. The third-order valence-corrected chi connectivity index (χ3v) is 2.77. The van der Waals surface area contributed by atoms with E-state index in [1.54, 1.807) is 31.3 Å². The standard InChI is InChI=1S/C13H18ClN3O3.ClH/c1-17(13(19)9-16-12(18)8-15)5-6-20-11-4-2-3-10(14)7-11;/h2-4,7H,5-6,8-9,15H2,1H3,(H,16,18);1H. The number of hydrogen-bond donors (Lipinski definition) is 2. The van der Waals surface area contributed by atoms with Crippen molar-refractivity contribution in [3.8, 4) is 5.75 Å². The number of ether oxygens (including phenoxy) is 1. The van der Waals surface area contributed by atoms with Crippen LogP contribution < -0.4 is 15.8 Å². The van der Waals surface area contributed by atoms with E-state index in [2.05, 4.69) is 5.32 Å². The maximum absolute atomic E-state index is 11.7. The summed E-state index contributed by atoms with van der Waals surface area (Å²) in [5.41, 5.74) is 5.12. The molecule has 2 amide bonds. The number of nitrogens with one attached hydrogen (secondary N) is 1. The van der Waals surface area contributed by atoms with Gasteiger partial charge in [0.05, 0.1) is 19.6 Å². The second-order valence-corrected chi connectivity index (χ2v) is 4.54. The van der Waals surface area contributed by atoms with Gasteiger partial charge in [-0.05, 0) is 18.2 Å². The van der Waals surface area contributed by atoms with Gasteiger partial charge in [-0.25, -0.2) is 0 Å². The summed E-state index contributed by atoms with van der Waals surface area (Å²) in [7, 11) is 1.64. The average Bonchev–Trinajstić information content (AvgIpc) is 2.44. The van der Waals surface area contributed by atoms with E-state index >= 15 is 0 Å². The van der Waals surface area contributed by atoms with Gasteiger partial charge < -0.3 is 20.7 Å². The predicted molar refractivity (Wildman–Crippen MR) is 83.9 cm³/mol. The summed E-state index contributed by atoms with van der Waals surface area (Å²) in [5.74, 6) is 0.0817. The molecule has 0 fully saturated rings. The van der Waals surface area contributed by atoms with Gasteiger partial charge in [0.25, 0.3) is 0 Å². The fraction of sp³-hybridized carbons (Fsp3) is 0.385. The SMILES string of the molecule is CN(CCOc1cccc(Cl)c1)C(=O)CNC(=O)CN.Cl. The highest BCUT2D eigenvalue weighted by Crippen LogP contribution is 2.16. The molecular formula is C13H19Cl2N3O3. The van der Waals surface area contributed by atoms with Crippen LogP contribution in [0.4, 0.5) is 0 Å². The van der Waals surface area contributed by atoms with Crippen molar-refractivity contribution in [1.82, 2.24) is 10.2 Å². The lowest BCUT2D eigenvalue weighted by Crippen LogP contribution is -2.41. The second-order valence-electron chi connectivity index (χ2n) is 4.10. The van der Waals surface area contributed by atoms with Crippen LogP contribution in [0.3, 0.4) is 0 Å². The van der Waals surface area contributed by atoms with Gasteiger partial charge in [0.15, 0.2) is 0 Å². The molecule has 0 radical (unpaired) electrons. The lowest BCUT2D eigenvalue weighted by Gasteiger charge is -2.17. The van der Waals surface area contributed by atoms with Crippen LogP contribution in [0, 0.1) is 0 Å². The first-order valence-electron chi connectivity index (χ1n) is 6.12. The van der Waals surface area contributed by atoms with Crippen molar-refractivity contribution >= 4 is 35.8 Å². The second kappa shape index (κ2) is 10.3. The fourth-order valence-electron chi connectivity index (χ4n) is 1.36. The van der Waals surface area contributed by atoms with E-state index in [0.29, 0.717) is 23.9 Å². The number of amides is 2. The minimum Gasteiger partial charge on any atom is -0.492 e. The van der Waals surface area contributed by atoms with Crippen LogP contribution in [0.15, 0.2) is 24.3 Å². The Morgan fingerprint density at radius 3 is 2.76 bits per heavy atom. The molecule has 3 N–H and O–H groups in total. The Morgan fingerprint density at radius 2 is 2.14 bits per heavy atom. The smallest absolute Gasteiger partial charge is 0.241 e. The molecule has 0 saturated carbocycles. The van der Waals surface area contributed by atoms with Crippen molar-refractivity contribution in [1.29, 1.82) is 0 Å². The van der Waals surface area contributed by atoms with E-state index in [1.165, 1.54) is 4.90 Å². The molecule has 0 heterocycles. The van der Waals surface area contributed by atoms with Crippen molar-refractivity contribution in [2.45, 2.75) is 0 Å². The van der Waals surface area contributed by atoms with Crippen LogP contribution >= 0.6 is 24.0 Å². The first-order chi connectivity index (χ1) is 9.52. The van der Waals surface area contributed by atoms with Gasteiger partial charge in [-0.15, -0.1) is 12.4 Å². The highest BCUT2D eigenvalue weighted by Gasteiger charge is 2.09. The summed E-state index contributed by atoms with van der Waals surface area (Å²) in [6, 6.07) is 7.03. The van der Waals surface area contributed by atoms with Gasteiger partial charge in [-0.2, -0.15) is 0 Å². The van der Waals surface area contributed by atoms with Crippen molar-refractivity contribution in [2.75, 3.05) is 33.3 Å². The molecule has 118 valence electrons. The molecule has 1 rings (SSSR count). The molecule has 0 unspecified atom stereocenters. The summed E-state index contributed by atoms with van der Waals surface area (Å²) >= 11 is 5.83. The molecule has 21 heavy (non-hydrogen) atoms. The molecule has 0 aliphatic carbocycles. The molecule has 0 aliphatic rings. The van der Waals surface area contributed by atoms with Gasteiger partial charge in [0.1, 0.15) is 12.4 Å². The molecule has 0 bridgehead atoms. The summed E-state index contributed by atoms with van der Waals surface area (Å²) in [6.45, 7) is 0.551. The Labute approximate surface area is 135 Å². The molecular weight excluding hydrogens is 317 g/mol. The zero-order valence-corrected chi connectivity index (χ0v) is 13.2. The summed E-state index contributed by atoms with van der Waals surface area (Å²) in [5, 5.41) is 3.01. The average molecular weight is 336 g/mol. The quantitative estimate of drug-likeness (QED) is 0.767. The molecule has 0 saturated heterocycles. The lowest BCUT2D eigenvalue weighted by atomic mass is 10.3. The van der Waals surface area contributed by atoms with E-state index in [9.17, 15) is 9.59 Å². The first kappa shape index (κ1) is 19.5. The number of rotatable bonds is 7. The number of halogens is 2. The molecule has 0 aromatic heterocycles. The van der Waals surface area contributed by atoms with Crippen LogP contribution in [-0.2, 0) is 9.59 Å². The van der Waals surface area contributed by atoms with E-state index in [0.717, 1.165) is 0 Å². The van der Waals surface area contributed by atoms with Crippen LogP contribution in [0.1, 0.15) is 0 Å². The third-order valence-electron chi connectivity index (χ3n) is 2.54. The highest BCUT2D eigenvalue weighted by atomic mass is 35.5. The summed E-state index contributed by atoms with van der Waals surface area (Å²) in [6.07, 6.45) is 0. The number of likely N-dealkylation sites (N-methyl/N-ethyl adjacent to an activating group) is 1. The fourth-order valence-corrected chi connectivity index (χ4v) is 1.54.